The first kappa shape index (κ1) is 31.9. The van der Waals surface area contributed by atoms with Crippen molar-refractivity contribution < 1.29 is 41.3 Å². The van der Waals surface area contributed by atoms with Gasteiger partial charge in [0, 0.05) is 30.0 Å². The Morgan fingerprint density at radius 3 is 2.17 bits per heavy atom. The van der Waals surface area contributed by atoms with E-state index in [9.17, 15) is 18.0 Å². The van der Waals surface area contributed by atoms with E-state index in [1.807, 2.05) is 11.1 Å². The molecule has 246 valence electrons. The lowest BCUT2D eigenvalue weighted by Gasteiger charge is -2.20. The summed E-state index contributed by atoms with van der Waals surface area (Å²) in [6.45, 7) is 1.58. The SMILES string of the molecule is COc1ccc(-c2nnc(-c3ccc(C(F)(F)F)cc3)o2)cc1OCCCCCOc1cc2c(cc1OC)C(=O)N1CCC[C@H]1C=N2. The number of nitrogens with zero attached hydrogens (tertiary/aromatic N) is 4. The number of methoxy groups -OCH3 is 2. The molecule has 47 heavy (non-hydrogen) atoms. The molecule has 0 spiro atoms. The van der Waals surface area contributed by atoms with Gasteiger partial charge in [0.1, 0.15) is 0 Å². The van der Waals surface area contributed by atoms with E-state index in [0.29, 0.717) is 58.6 Å². The lowest BCUT2D eigenvalue weighted by atomic mass is 10.1. The topological polar surface area (TPSA) is 109 Å². The van der Waals surface area contributed by atoms with Gasteiger partial charge in [-0.2, -0.15) is 13.2 Å². The zero-order valence-electron chi connectivity index (χ0n) is 25.9. The highest BCUT2D eigenvalue weighted by molar-refractivity contribution is 6.03. The van der Waals surface area contributed by atoms with Gasteiger partial charge in [-0.15, -0.1) is 10.2 Å². The van der Waals surface area contributed by atoms with Gasteiger partial charge in [-0.1, -0.05) is 0 Å². The summed E-state index contributed by atoms with van der Waals surface area (Å²) in [4.78, 5) is 19.5. The average molecular weight is 651 g/mol. The predicted octanol–water partition coefficient (Wildman–Crippen LogP) is 7.39. The first-order valence-electron chi connectivity index (χ1n) is 15.3. The van der Waals surface area contributed by atoms with Crippen molar-refractivity contribution in [2.24, 2.45) is 4.99 Å². The highest BCUT2D eigenvalue weighted by Crippen LogP contribution is 2.38. The second kappa shape index (κ2) is 13.7. The van der Waals surface area contributed by atoms with Gasteiger partial charge in [0.05, 0.1) is 50.3 Å². The fourth-order valence-corrected chi connectivity index (χ4v) is 5.55. The van der Waals surface area contributed by atoms with Crippen molar-refractivity contribution in [3.8, 4) is 45.9 Å². The molecule has 6 rings (SSSR count). The first-order valence-corrected chi connectivity index (χ1v) is 15.3. The highest BCUT2D eigenvalue weighted by atomic mass is 19.4. The Bertz CT molecular complexity index is 1760. The van der Waals surface area contributed by atoms with Crippen LogP contribution in [0.25, 0.3) is 22.9 Å². The zero-order chi connectivity index (χ0) is 33.0. The maximum absolute atomic E-state index is 13.1. The summed E-state index contributed by atoms with van der Waals surface area (Å²) in [5.41, 5.74) is 1.28. The van der Waals surface area contributed by atoms with E-state index in [4.69, 9.17) is 23.4 Å². The standard InChI is InChI=1S/C34H33F3N4O6/c1-43-27-13-10-22(32-40-39-31(47-32)21-8-11-23(12-9-21)34(35,36)37)17-29(27)45-15-4-3-5-16-46-30-19-26-25(18-28(30)44-2)33(42)41-14-6-7-24(41)20-38-26/h8-13,17-20,24H,3-7,14-16H2,1-2H3/t24-/m0/s1. The molecule has 13 heteroatoms. The van der Waals surface area contributed by atoms with Gasteiger partial charge in [-0.25, -0.2) is 0 Å². The molecule has 2 aliphatic rings. The molecule has 1 amide bonds. The number of alkyl halides is 3. The van der Waals surface area contributed by atoms with Gasteiger partial charge < -0.3 is 28.3 Å². The van der Waals surface area contributed by atoms with Crippen LogP contribution in [0.5, 0.6) is 23.0 Å². The molecule has 0 radical (unpaired) electrons. The second-order valence-electron chi connectivity index (χ2n) is 11.1. The Balaban J connectivity index is 1.01. The van der Waals surface area contributed by atoms with Crippen molar-refractivity contribution in [1.29, 1.82) is 0 Å². The van der Waals surface area contributed by atoms with Crippen LogP contribution in [0, 0.1) is 0 Å². The van der Waals surface area contributed by atoms with Crippen LogP contribution in [-0.2, 0) is 6.18 Å². The fraction of sp³-hybridized carbons (Fsp3) is 0.353. The molecule has 0 N–H and O–H groups in total. The minimum atomic E-state index is -4.43. The number of aromatic nitrogens is 2. The smallest absolute Gasteiger partial charge is 0.416 e. The van der Waals surface area contributed by atoms with Crippen molar-refractivity contribution in [2.45, 2.75) is 44.3 Å². The molecular formula is C34H33F3N4O6. The van der Waals surface area contributed by atoms with Crippen LogP contribution in [0.1, 0.15) is 48.0 Å². The van der Waals surface area contributed by atoms with Gasteiger partial charge >= 0.3 is 6.18 Å². The van der Waals surface area contributed by atoms with Crippen LogP contribution >= 0.6 is 0 Å². The van der Waals surface area contributed by atoms with E-state index in [1.165, 1.54) is 19.2 Å². The summed E-state index contributed by atoms with van der Waals surface area (Å²) in [7, 11) is 3.09. The maximum atomic E-state index is 13.1. The molecule has 0 bridgehead atoms. The Labute approximate surface area is 269 Å². The lowest BCUT2D eigenvalue weighted by Crippen LogP contribution is -2.35. The van der Waals surface area contributed by atoms with Crippen molar-refractivity contribution in [3.05, 3.63) is 65.7 Å². The molecule has 3 aromatic carbocycles. The quantitative estimate of drug-likeness (QED) is 0.146. The van der Waals surface area contributed by atoms with E-state index in [0.717, 1.165) is 50.8 Å². The van der Waals surface area contributed by atoms with Crippen molar-refractivity contribution in [1.82, 2.24) is 15.1 Å². The fourth-order valence-electron chi connectivity index (χ4n) is 5.55. The number of hydrogen-bond donors (Lipinski definition) is 0. The number of rotatable bonds is 12. The second-order valence-corrected chi connectivity index (χ2v) is 11.1. The summed E-state index contributed by atoms with van der Waals surface area (Å²) < 4.78 is 67.5. The van der Waals surface area contributed by atoms with Gasteiger partial charge in [-0.3, -0.25) is 9.79 Å². The zero-order valence-corrected chi connectivity index (χ0v) is 25.9. The molecule has 4 aromatic rings. The third-order valence-electron chi connectivity index (χ3n) is 8.06. The first-order chi connectivity index (χ1) is 22.7. The Hall–Kier alpha value is -5.07. The normalized spacial score (nSPS) is 15.6. The number of ether oxygens (including phenoxy) is 4. The summed E-state index contributed by atoms with van der Waals surface area (Å²) in [6, 6.07) is 13.2. The summed E-state index contributed by atoms with van der Waals surface area (Å²) in [5.74, 6) is 2.29. The Morgan fingerprint density at radius 2 is 1.49 bits per heavy atom. The summed E-state index contributed by atoms with van der Waals surface area (Å²) in [6.07, 6.45) is 1.63. The number of carbonyl (C=O) groups excluding carboxylic acids is 1. The van der Waals surface area contributed by atoms with E-state index in [1.54, 1.807) is 37.4 Å². The number of benzene rings is 3. The lowest BCUT2D eigenvalue weighted by molar-refractivity contribution is -0.137. The van der Waals surface area contributed by atoms with E-state index < -0.39 is 11.7 Å². The van der Waals surface area contributed by atoms with Gasteiger partial charge in [0.15, 0.2) is 23.0 Å². The number of halogens is 3. The average Bonchev–Trinajstić information content (AvgIpc) is 3.74. The molecule has 0 unspecified atom stereocenters. The number of fused-ring (bicyclic) bond motifs is 2. The minimum absolute atomic E-state index is 0.0301. The molecule has 0 aliphatic carbocycles. The number of carbonyl (C=O) groups is 1. The predicted molar refractivity (Wildman–Crippen MR) is 167 cm³/mol. The number of amides is 1. The monoisotopic (exact) mass is 650 g/mol. The Kier molecular flexibility index (Phi) is 9.32. The summed E-state index contributed by atoms with van der Waals surface area (Å²) >= 11 is 0. The molecular weight excluding hydrogens is 617 g/mol. The van der Waals surface area contributed by atoms with Crippen LogP contribution < -0.4 is 18.9 Å². The third-order valence-corrected chi connectivity index (χ3v) is 8.06. The van der Waals surface area contributed by atoms with Gasteiger partial charge in [0.25, 0.3) is 5.91 Å². The van der Waals surface area contributed by atoms with Crippen LogP contribution in [0.3, 0.4) is 0 Å². The van der Waals surface area contributed by atoms with Crippen molar-refractivity contribution >= 4 is 17.8 Å². The summed E-state index contributed by atoms with van der Waals surface area (Å²) in [5, 5.41) is 8.05. The van der Waals surface area contributed by atoms with Gasteiger partial charge in [0.2, 0.25) is 11.8 Å². The van der Waals surface area contributed by atoms with Crippen LogP contribution in [-0.4, -0.2) is 67.2 Å². The third kappa shape index (κ3) is 7.03. The molecule has 1 atom stereocenters. The van der Waals surface area contributed by atoms with Crippen molar-refractivity contribution in [2.75, 3.05) is 34.0 Å². The molecule has 2 aliphatic heterocycles. The van der Waals surface area contributed by atoms with E-state index in [2.05, 4.69) is 15.2 Å². The number of aliphatic imine (C=N–C) groups is 1. The molecule has 1 fully saturated rings. The van der Waals surface area contributed by atoms with Crippen molar-refractivity contribution in [3.63, 3.8) is 0 Å². The Morgan fingerprint density at radius 1 is 0.830 bits per heavy atom. The van der Waals surface area contributed by atoms with Crippen LogP contribution in [0.2, 0.25) is 0 Å². The van der Waals surface area contributed by atoms with Crippen LogP contribution in [0.4, 0.5) is 18.9 Å². The molecule has 3 heterocycles. The molecule has 1 saturated heterocycles. The molecule has 10 nitrogen and oxygen atoms in total. The minimum Gasteiger partial charge on any atom is -0.493 e. The highest BCUT2D eigenvalue weighted by Gasteiger charge is 2.33. The maximum Gasteiger partial charge on any atom is 0.416 e. The number of unbranched alkanes of at least 4 members (excludes halogenated alkanes) is 2. The number of hydrogen-bond acceptors (Lipinski definition) is 9. The van der Waals surface area contributed by atoms with Crippen LogP contribution in [0.15, 0.2) is 64.0 Å². The largest absolute Gasteiger partial charge is 0.493 e. The molecule has 0 saturated carbocycles. The van der Waals surface area contributed by atoms with E-state index >= 15 is 0 Å². The molecule has 1 aromatic heterocycles. The van der Waals surface area contributed by atoms with Gasteiger partial charge in [-0.05, 0) is 80.6 Å². The van der Waals surface area contributed by atoms with E-state index in [-0.39, 0.29) is 23.7 Å².